The largest absolute Gasteiger partial charge is 0.369 e. The smallest absolute Gasteiger partial charge is 0.0459 e. The lowest BCUT2D eigenvalue weighted by Crippen LogP contribution is -2.46. The first-order chi connectivity index (χ1) is 8.76. The van der Waals surface area contributed by atoms with Gasteiger partial charge in [-0.15, -0.1) is 0 Å². The summed E-state index contributed by atoms with van der Waals surface area (Å²) in [5.74, 6) is 0. The Hall–Kier alpha value is -0.770. The lowest BCUT2D eigenvalue weighted by atomic mass is 10.1. The zero-order valence-corrected chi connectivity index (χ0v) is 11.8. The van der Waals surface area contributed by atoms with Crippen LogP contribution in [0.2, 0.25) is 5.02 Å². The highest BCUT2D eigenvalue weighted by Crippen LogP contribution is 2.28. The van der Waals surface area contributed by atoms with Gasteiger partial charge in [-0.1, -0.05) is 24.6 Å². The van der Waals surface area contributed by atoms with Gasteiger partial charge in [-0.05, 0) is 37.2 Å². The van der Waals surface area contributed by atoms with Gasteiger partial charge < -0.3 is 15.5 Å². The SMILES string of the molecule is CCN1CCN(c2cccc(Cl)c2CCN)CC1. The lowest BCUT2D eigenvalue weighted by molar-refractivity contribution is 0.271. The summed E-state index contributed by atoms with van der Waals surface area (Å²) in [6.07, 6.45) is 0.850. The highest BCUT2D eigenvalue weighted by atomic mass is 35.5. The second kappa shape index (κ2) is 6.41. The molecule has 0 spiro atoms. The van der Waals surface area contributed by atoms with Crippen LogP contribution >= 0.6 is 11.6 Å². The predicted octanol–water partition coefficient (Wildman–Crippen LogP) is 1.98. The van der Waals surface area contributed by atoms with Crippen molar-refractivity contribution in [2.45, 2.75) is 13.3 Å². The molecule has 1 aliphatic rings. The van der Waals surface area contributed by atoms with Crippen LogP contribution in [0, 0.1) is 0 Å². The summed E-state index contributed by atoms with van der Waals surface area (Å²) in [6.45, 7) is 8.41. The molecule has 1 aromatic rings. The number of nitrogens with zero attached hydrogens (tertiary/aromatic N) is 2. The maximum atomic E-state index is 6.29. The van der Waals surface area contributed by atoms with Gasteiger partial charge in [0.2, 0.25) is 0 Å². The molecule has 1 saturated heterocycles. The van der Waals surface area contributed by atoms with E-state index in [1.165, 1.54) is 11.3 Å². The Morgan fingerprint density at radius 2 is 1.94 bits per heavy atom. The number of hydrogen-bond donors (Lipinski definition) is 1. The molecule has 0 radical (unpaired) electrons. The van der Waals surface area contributed by atoms with Crippen molar-refractivity contribution in [3.63, 3.8) is 0 Å². The number of piperazine rings is 1. The molecule has 100 valence electrons. The number of likely N-dealkylation sites (N-methyl/N-ethyl adjacent to an activating group) is 1. The van der Waals surface area contributed by atoms with Crippen LogP contribution in [-0.4, -0.2) is 44.2 Å². The molecule has 1 aliphatic heterocycles. The summed E-state index contributed by atoms with van der Waals surface area (Å²) in [5.41, 5.74) is 8.15. The van der Waals surface area contributed by atoms with Crippen molar-refractivity contribution in [2.75, 3.05) is 44.2 Å². The minimum atomic E-state index is 0.645. The van der Waals surface area contributed by atoms with E-state index >= 15 is 0 Å². The molecule has 0 aliphatic carbocycles. The standard InChI is InChI=1S/C14H22ClN3/c1-2-17-8-10-18(11-9-17)14-5-3-4-13(15)12(14)6-7-16/h3-5H,2,6-11,16H2,1H3. The highest BCUT2D eigenvalue weighted by molar-refractivity contribution is 6.31. The summed E-state index contributed by atoms with van der Waals surface area (Å²) in [5, 5.41) is 0.843. The van der Waals surface area contributed by atoms with E-state index in [1.807, 2.05) is 12.1 Å². The molecular weight excluding hydrogens is 246 g/mol. The molecule has 4 heteroatoms. The summed E-state index contributed by atoms with van der Waals surface area (Å²) in [7, 11) is 0. The van der Waals surface area contributed by atoms with Crippen molar-refractivity contribution in [1.29, 1.82) is 0 Å². The fraction of sp³-hybridized carbons (Fsp3) is 0.571. The van der Waals surface area contributed by atoms with E-state index in [4.69, 9.17) is 17.3 Å². The fourth-order valence-electron chi connectivity index (χ4n) is 2.54. The van der Waals surface area contributed by atoms with Gasteiger partial charge in [0.05, 0.1) is 0 Å². The van der Waals surface area contributed by atoms with E-state index in [2.05, 4.69) is 22.8 Å². The van der Waals surface area contributed by atoms with Gasteiger partial charge >= 0.3 is 0 Å². The monoisotopic (exact) mass is 267 g/mol. The molecule has 0 bridgehead atoms. The van der Waals surface area contributed by atoms with E-state index in [0.717, 1.165) is 44.2 Å². The van der Waals surface area contributed by atoms with Crippen LogP contribution in [0.5, 0.6) is 0 Å². The topological polar surface area (TPSA) is 32.5 Å². The van der Waals surface area contributed by atoms with Gasteiger partial charge in [0.25, 0.3) is 0 Å². The molecule has 1 fully saturated rings. The Balaban J connectivity index is 2.15. The van der Waals surface area contributed by atoms with E-state index in [9.17, 15) is 0 Å². The Bertz CT molecular complexity index is 387. The maximum absolute atomic E-state index is 6.29. The quantitative estimate of drug-likeness (QED) is 0.906. The van der Waals surface area contributed by atoms with Gasteiger partial charge in [0.15, 0.2) is 0 Å². The van der Waals surface area contributed by atoms with Gasteiger partial charge in [-0.3, -0.25) is 0 Å². The van der Waals surface area contributed by atoms with Crippen molar-refractivity contribution in [2.24, 2.45) is 5.73 Å². The molecular formula is C14H22ClN3. The van der Waals surface area contributed by atoms with E-state index < -0.39 is 0 Å². The Labute approximate surface area is 115 Å². The molecule has 1 aromatic carbocycles. The number of rotatable bonds is 4. The molecule has 2 rings (SSSR count). The maximum Gasteiger partial charge on any atom is 0.0459 e. The van der Waals surface area contributed by atoms with Crippen molar-refractivity contribution in [1.82, 2.24) is 4.90 Å². The van der Waals surface area contributed by atoms with E-state index in [0.29, 0.717) is 6.54 Å². The van der Waals surface area contributed by atoms with Gasteiger partial charge in [0, 0.05) is 36.9 Å². The molecule has 2 N–H and O–H groups in total. The Morgan fingerprint density at radius 3 is 2.56 bits per heavy atom. The first kappa shape index (κ1) is 13.7. The molecule has 3 nitrogen and oxygen atoms in total. The molecule has 0 aromatic heterocycles. The van der Waals surface area contributed by atoms with E-state index in [-0.39, 0.29) is 0 Å². The summed E-state index contributed by atoms with van der Waals surface area (Å²) in [6, 6.07) is 6.15. The highest BCUT2D eigenvalue weighted by Gasteiger charge is 2.18. The van der Waals surface area contributed by atoms with Crippen LogP contribution in [0.4, 0.5) is 5.69 Å². The third-order valence-electron chi connectivity index (χ3n) is 3.65. The summed E-state index contributed by atoms with van der Waals surface area (Å²) in [4.78, 5) is 4.91. The number of hydrogen-bond acceptors (Lipinski definition) is 3. The minimum Gasteiger partial charge on any atom is -0.369 e. The Morgan fingerprint density at radius 1 is 1.22 bits per heavy atom. The fourth-order valence-corrected chi connectivity index (χ4v) is 2.80. The van der Waals surface area contributed by atoms with Crippen LogP contribution in [-0.2, 0) is 6.42 Å². The van der Waals surface area contributed by atoms with Crippen molar-refractivity contribution >= 4 is 17.3 Å². The number of anilines is 1. The molecule has 1 heterocycles. The van der Waals surface area contributed by atoms with Crippen molar-refractivity contribution < 1.29 is 0 Å². The van der Waals surface area contributed by atoms with Crippen molar-refractivity contribution in [3.05, 3.63) is 28.8 Å². The third kappa shape index (κ3) is 2.97. The first-order valence-corrected chi connectivity index (χ1v) is 7.08. The lowest BCUT2D eigenvalue weighted by Gasteiger charge is -2.36. The molecule has 0 saturated carbocycles. The third-order valence-corrected chi connectivity index (χ3v) is 4.00. The van der Waals surface area contributed by atoms with Crippen molar-refractivity contribution in [3.8, 4) is 0 Å². The number of benzene rings is 1. The van der Waals surface area contributed by atoms with Crippen LogP contribution in [0.25, 0.3) is 0 Å². The van der Waals surface area contributed by atoms with Gasteiger partial charge in [0.1, 0.15) is 0 Å². The van der Waals surface area contributed by atoms with Crippen LogP contribution in [0.15, 0.2) is 18.2 Å². The summed E-state index contributed by atoms with van der Waals surface area (Å²) >= 11 is 6.29. The number of halogens is 1. The average molecular weight is 268 g/mol. The zero-order valence-electron chi connectivity index (χ0n) is 11.0. The predicted molar refractivity (Wildman–Crippen MR) is 78.5 cm³/mol. The van der Waals surface area contributed by atoms with Crippen LogP contribution < -0.4 is 10.6 Å². The summed E-state index contributed by atoms with van der Waals surface area (Å²) < 4.78 is 0. The van der Waals surface area contributed by atoms with Gasteiger partial charge in [-0.2, -0.15) is 0 Å². The Kier molecular flexibility index (Phi) is 4.87. The molecule has 0 amide bonds. The van der Waals surface area contributed by atoms with E-state index in [1.54, 1.807) is 0 Å². The molecule has 0 unspecified atom stereocenters. The second-order valence-electron chi connectivity index (χ2n) is 4.70. The second-order valence-corrected chi connectivity index (χ2v) is 5.10. The van der Waals surface area contributed by atoms with Crippen LogP contribution in [0.3, 0.4) is 0 Å². The average Bonchev–Trinajstić information content (AvgIpc) is 2.41. The zero-order chi connectivity index (χ0) is 13.0. The normalized spacial score (nSPS) is 17.2. The number of nitrogens with two attached hydrogens (primary N) is 1. The minimum absolute atomic E-state index is 0.645. The first-order valence-electron chi connectivity index (χ1n) is 6.71. The molecule has 0 atom stereocenters. The van der Waals surface area contributed by atoms with Gasteiger partial charge in [-0.25, -0.2) is 0 Å². The van der Waals surface area contributed by atoms with Crippen LogP contribution in [0.1, 0.15) is 12.5 Å². The molecule has 18 heavy (non-hydrogen) atoms.